The molecule has 2 N–H and O–H groups in total. The van der Waals surface area contributed by atoms with Crippen molar-refractivity contribution in [1.82, 2.24) is 15.0 Å². The van der Waals surface area contributed by atoms with Gasteiger partial charge in [-0.25, -0.2) is 4.98 Å². The first kappa shape index (κ1) is 11.6. The molecule has 0 spiro atoms. The molecule has 0 radical (unpaired) electrons. The highest BCUT2D eigenvalue weighted by atomic mass is 32.2. The minimum Gasteiger partial charge on any atom is -0.368 e. The molecule has 1 aliphatic rings. The molecule has 1 saturated carbocycles. The summed E-state index contributed by atoms with van der Waals surface area (Å²) < 4.78 is 0. The minimum atomic E-state index is 0.281. The number of thioether (sulfide) groups is 1. The summed E-state index contributed by atoms with van der Waals surface area (Å²) >= 11 is 1.51. The number of anilines is 1. The minimum absolute atomic E-state index is 0.281. The van der Waals surface area contributed by atoms with E-state index in [9.17, 15) is 0 Å². The molecule has 0 aliphatic heterocycles. The smallest absolute Gasteiger partial charge is 0.224 e. The number of nitrogens with zero attached hydrogens (tertiary/aromatic N) is 3. The van der Waals surface area contributed by atoms with E-state index in [0.717, 1.165) is 17.4 Å². The summed E-state index contributed by atoms with van der Waals surface area (Å²) in [6.45, 7) is 4.56. The molecule has 16 heavy (non-hydrogen) atoms. The average molecular weight is 238 g/mol. The van der Waals surface area contributed by atoms with E-state index in [-0.39, 0.29) is 5.41 Å². The van der Waals surface area contributed by atoms with Crippen LogP contribution in [0.3, 0.4) is 0 Å². The predicted octanol–water partition coefficient (Wildman–Crippen LogP) is 2.47. The number of hydrogen-bond donors (Lipinski definition) is 1. The second-order valence-corrected chi connectivity index (χ2v) is 5.75. The van der Waals surface area contributed by atoms with Gasteiger partial charge in [0.2, 0.25) is 5.95 Å². The normalized spacial score (nSPS) is 23.6. The molecule has 0 amide bonds. The van der Waals surface area contributed by atoms with Crippen molar-refractivity contribution in [2.45, 2.75) is 44.2 Å². The van der Waals surface area contributed by atoms with Gasteiger partial charge in [-0.05, 0) is 24.5 Å². The van der Waals surface area contributed by atoms with Crippen LogP contribution < -0.4 is 5.73 Å². The summed E-state index contributed by atoms with van der Waals surface area (Å²) in [6.07, 6.45) is 5.60. The van der Waals surface area contributed by atoms with E-state index < -0.39 is 0 Å². The van der Waals surface area contributed by atoms with Gasteiger partial charge in [0.25, 0.3) is 0 Å². The van der Waals surface area contributed by atoms with E-state index in [1.54, 1.807) is 0 Å². The van der Waals surface area contributed by atoms with Crippen LogP contribution in [0.15, 0.2) is 5.16 Å². The Morgan fingerprint density at radius 1 is 1.31 bits per heavy atom. The molecule has 1 aromatic heterocycles. The van der Waals surface area contributed by atoms with Crippen molar-refractivity contribution in [3.63, 3.8) is 0 Å². The molecular formula is C11H18N4S. The molecule has 0 bridgehead atoms. The molecule has 0 aromatic carbocycles. The fourth-order valence-corrected chi connectivity index (χ4v) is 2.81. The third-order valence-corrected chi connectivity index (χ3v) is 3.95. The maximum absolute atomic E-state index is 5.72. The van der Waals surface area contributed by atoms with E-state index in [0.29, 0.717) is 11.9 Å². The monoisotopic (exact) mass is 238 g/mol. The summed E-state index contributed by atoms with van der Waals surface area (Å²) in [6, 6.07) is 0. The van der Waals surface area contributed by atoms with Crippen molar-refractivity contribution in [3.05, 3.63) is 5.82 Å². The van der Waals surface area contributed by atoms with Crippen LogP contribution >= 0.6 is 11.8 Å². The van der Waals surface area contributed by atoms with Crippen LogP contribution in [0.2, 0.25) is 0 Å². The van der Waals surface area contributed by atoms with E-state index in [4.69, 9.17) is 5.73 Å². The first-order chi connectivity index (χ1) is 7.53. The Bertz CT molecular complexity index is 392. The number of nitrogens with two attached hydrogens (primary N) is 1. The summed E-state index contributed by atoms with van der Waals surface area (Å²) in [5.41, 5.74) is 6.00. The lowest BCUT2D eigenvalue weighted by atomic mass is 9.81. The van der Waals surface area contributed by atoms with Crippen LogP contribution in [0.5, 0.6) is 0 Å². The Labute approximate surface area is 100 Å². The van der Waals surface area contributed by atoms with Crippen molar-refractivity contribution in [3.8, 4) is 0 Å². The molecule has 1 aromatic rings. The zero-order chi connectivity index (χ0) is 11.8. The van der Waals surface area contributed by atoms with Gasteiger partial charge in [-0.3, -0.25) is 0 Å². The molecule has 0 saturated heterocycles. The van der Waals surface area contributed by atoms with Crippen molar-refractivity contribution in [2.75, 3.05) is 12.0 Å². The van der Waals surface area contributed by atoms with E-state index >= 15 is 0 Å². The van der Waals surface area contributed by atoms with Gasteiger partial charge >= 0.3 is 0 Å². The molecule has 1 heterocycles. The van der Waals surface area contributed by atoms with E-state index in [2.05, 4.69) is 28.8 Å². The Balaban J connectivity index is 2.36. The maximum Gasteiger partial charge on any atom is 0.224 e. The van der Waals surface area contributed by atoms with Gasteiger partial charge in [0.05, 0.1) is 0 Å². The van der Waals surface area contributed by atoms with Gasteiger partial charge in [0, 0.05) is 5.92 Å². The number of rotatable bonds is 2. The van der Waals surface area contributed by atoms with Crippen LogP contribution in [0.1, 0.15) is 44.9 Å². The molecule has 1 fully saturated rings. The van der Waals surface area contributed by atoms with Gasteiger partial charge in [0.1, 0.15) is 5.82 Å². The molecule has 4 nitrogen and oxygen atoms in total. The highest BCUT2D eigenvalue weighted by molar-refractivity contribution is 7.98. The number of hydrogen-bond acceptors (Lipinski definition) is 5. The van der Waals surface area contributed by atoms with Gasteiger partial charge < -0.3 is 5.73 Å². The Hall–Kier alpha value is -0.840. The highest BCUT2D eigenvalue weighted by Crippen LogP contribution is 2.47. The van der Waals surface area contributed by atoms with Gasteiger partial charge in [-0.1, -0.05) is 32.0 Å². The molecule has 1 atom stereocenters. The quantitative estimate of drug-likeness (QED) is 0.802. The third-order valence-electron chi connectivity index (χ3n) is 3.40. The van der Waals surface area contributed by atoms with Crippen LogP contribution in [0, 0.1) is 5.41 Å². The Morgan fingerprint density at radius 3 is 2.62 bits per heavy atom. The fraction of sp³-hybridized carbons (Fsp3) is 0.727. The molecule has 1 aliphatic carbocycles. The summed E-state index contributed by atoms with van der Waals surface area (Å²) in [5.74, 6) is 1.64. The lowest BCUT2D eigenvalue weighted by Gasteiger charge is -2.25. The average Bonchev–Trinajstić information content (AvgIpc) is 2.57. The molecule has 1 unspecified atom stereocenters. The number of aromatic nitrogens is 3. The second kappa shape index (κ2) is 4.20. The van der Waals surface area contributed by atoms with Crippen LogP contribution in [-0.2, 0) is 0 Å². The maximum atomic E-state index is 5.72. The first-order valence-corrected chi connectivity index (χ1v) is 6.81. The van der Waals surface area contributed by atoms with Crippen molar-refractivity contribution in [2.24, 2.45) is 5.41 Å². The van der Waals surface area contributed by atoms with Crippen molar-refractivity contribution >= 4 is 17.7 Å². The summed E-state index contributed by atoms with van der Waals surface area (Å²) in [7, 11) is 0. The predicted molar refractivity (Wildman–Crippen MR) is 66.4 cm³/mol. The fourth-order valence-electron chi connectivity index (χ4n) is 2.44. The molecular weight excluding hydrogens is 220 g/mol. The Kier molecular flexibility index (Phi) is 3.06. The first-order valence-electron chi connectivity index (χ1n) is 5.58. The lowest BCUT2D eigenvalue weighted by molar-refractivity contribution is 0.320. The molecule has 88 valence electrons. The summed E-state index contributed by atoms with van der Waals surface area (Å²) in [5, 5.41) is 0.727. The number of nitrogen functional groups attached to an aromatic ring is 1. The lowest BCUT2D eigenvalue weighted by Crippen LogP contribution is -2.19. The molecule has 5 heteroatoms. The molecule has 2 rings (SSSR count). The summed E-state index contributed by atoms with van der Waals surface area (Å²) in [4.78, 5) is 12.9. The zero-order valence-corrected chi connectivity index (χ0v) is 10.8. The van der Waals surface area contributed by atoms with E-state index in [1.165, 1.54) is 24.6 Å². The van der Waals surface area contributed by atoms with Crippen LogP contribution in [0.4, 0.5) is 5.95 Å². The Morgan fingerprint density at radius 2 is 2.06 bits per heavy atom. The largest absolute Gasteiger partial charge is 0.368 e. The second-order valence-electron chi connectivity index (χ2n) is 4.97. The standard InChI is InChI=1S/C11H18N4S/c1-11(2)6-4-5-7(11)8-13-9(12)15-10(14-8)16-3/h7H,4-6H2,1-3H3,(H2,12,13,14,15). The van der Waals surface area contributed by atoms with E-state index in [1.807, 2.05) is 6.26 Å². The van der Waals surface area contributed by atoms with Crippen molar-refractivity contribution in [1.29, 1.82) is 0 Å². The topological polar surface area (TPSA) is 64.7 Å². The van der Waals surface area contributed by atoms with Crippen LogP contribution in [-0.4, -0.2) is 21.2 Å². The third kappa shape index (κ3) is 2.14. The highest BCUT2D eigenvalue weighted by Gasteiger charge is 2.37. The van der Waals surface area contributed by atoms with Crippen molar-refractivity contribution < 1.29 is 0 Å². The van der Waals surface area contributed by atoms with Gasteiger partial charge in [-0.15, -0.1) is 0 Å². The van der Waals surface area contributed by atoms with Crippen LogP contribution in [0.25, 0.3) is 0 Å². The zero-order valence-electron chi connectivity index (χ0n) is 10.0. The van der Waals surface area contributed by atoms with Gasteiger partial charge in [0.15, 0.2) is 5.16 Å². The van der Waals surface area contributed by atoms with Gasteiger partial charge in [-0.2, -0.15) is 9.97 Å². The SMILES string of the molecule is CSc1nc(N)nc(C2CCCC2(C)C)n1.